The third kappa shape index (κ3) is 4.76. The summed E-state index contributed by atoms with van der Waals surface area (Å²) in [5, 5.41) is 15.9. The van der Waals surface area contributed by atoms with Gasteiger partial charge in [0.2, 0.25) is 0 Å². The summed E-state index contributed by atoms with van der Waals surface area (Å²) in [5.74, 6) is -1.04. The van der Waals surface area contributed by atoms with Gasteiger partial charge in [-0.2, -0.15) is 0 Å². The Balaban J connectivity index is 0.000001000. The number of nitrogens with one attached hydrogen (secondary N) is 2. The van der Waals surface area contributed by atoms with E-state index in [0.29, 0.717) is 6.04 Å². The van der Waals surface area contributed by atoms with E-state index in [0.717, 1.165) is 19.5 Å². The van der Waals surface area contributed by atoms with Crippen LogP contribution in [0.1, 0.15) is 6.42 Å². The molecule has 2 N–H and O–H groups in total. The van der Waals surface area contributed by atoms with Gasteiger partial charge in [0.1, 0.15) is 0 Å². The Bertz CT molecular complexity index is 126. The molecule has 0 bridgehead atoms. The standard InChI is InChI=1S/C6H12N2O2.Na/c9-6(10)4-8-5-1-2-7-3-5;/h5,7-8H,1-4H2,(H,9,10);/q;+1/p-1. The molecule has 5 heteroatoms. The third-order valence-electron chi connectivity index (χ3n) is 1.60. The molecule has 11 heavy (non-hydrogen) atoms. The molecule has 0 aliphatic carbocycles. The molecule has 1 unspecified atom stereocenters. The van der Waals surface area contributed by atoms with E-state index < -0.39 is 5.97 Å². The fraction of sp³-hybridized carbons (Fsp3) is 0.833. The molecule has 0 aromatic heterocycles. The quantitative estimate of drug-likeness (QED) is 0.411. The van der Waals surface area contributed by atoms with Crippen LogP contribution in [0.4, 0.5) is 0 Å². The Hall–Kier alpha value is 0.390. The summed E-state index contributed by atoms with van der Waals surface area (Å²) < 4.78 is 0. The van der Waals surface area contributed by atoms with Crippen LogP contribution in [0.25, 0.3) is 0 Å². The zero-order chi connectivity index (χ0) is 7.40. The molecule has 1 fully saturated rings. The number of carbonyl (C=O) groups is 1. The Morgan fingerprint density at radius 1 is 1.73 bits per heavy atom. The van der Waals surface area contributed by atoms with E-state index in [9.17, 15) is 9.90 Å². The molecular formula is C6H11N2NaO2. The van der Waals surface area contributed by atoms with E-state index >= 15 is 0 Å². The van der Waals surface area contributed by atoms with Gasteiger partial charge in [-0.3, -0.25) is 0 Å². The van der Waals surface area contributed by atoms with Crippen LogP contribution >= 0.6 is 0 Å². The van der Waals surface area contributed by atoms with Crippen LogP contribution in [-0.2, 0) is 4.79 Å². The Morgan fingerprint density at radius 3 is 2.91 bits per heavy atom. The summed E-state index contributed by atoms with van der Waals surface area (Å²) in [7, 11) is 0. The topological polar surface area (TPSA) is 64.2 Å². The second kappa shape index (κ2) is 5.97. The first-order valence-electron chi connectivity index (χ1n) is 3.43. The van der Waals surface area contributed by atoms with Crippen molar-refractivity contribution < 1.29 is 39.5 Å². The molecule has 1 rings (SSSR count). The number of hydrogen-bond donors (Lipinski definition) is 2. The predicted octanol–water partition coefficient (Wildman–Crippen LogP) is -5.31. The molecular weight excluding hydrogens is 155 g/mol. The molecule has 1 heterocycles. The molecule has 1 atom stereocenters. The Labute approximate surface area is 88.0 Å². The minimum absolute atomic E-state index is 0. The molecule has 4 nitrogen and oxygen atoms in total. The second-order valence-electron chi connectivity index (χ2n) is 2.44. The zero-order valence-electron chi connectivity index (χ0n) is 6.72. The summed E-state index contributed by atoms with van der Waals surface area (Å²) in [5.41, 5.74) is 0. The van der Waals surface area contributed by atoms with Crippen molar-refractivity contribution in [1.29, 1.82) is 0 Å². The summed E-state index contributed by atoms with van der Waals surface area (Å²) in [4.78, 5) is 9.96. The molecule has 0 saturated carbocycles. The van der Waals surface area contributed by atoms with Crippen molar-refractivity contribution in [3.63, 3.8) is 0 Å². The zero-order valence-corrected chi connectivity index (χ0v) is 8.72. The maximum absolute atomic E-state index is 9.96. The molecule has 1 saturated heterocycles. The molecule has 0 aromatic rings. The fourth-order valence-electron chi connectivity index (χ4n) is 1.06. The van der Waals surface area contributed by atoms with Gasteiger partial charge in [-0.1, -0.05) is 0 Å². The van der Waals surface area contributed by atoms with Crippen molar-refractivity contribution in [2.45, 2.75) is 12.5 Å². The van der Waals surface area contributed by atoms with E-state index in [-0.39, 0.29) is 36.1 Å². The average Bonchev–Trinajstić information content (AvgIpc) is 2.34. The van der Waals surface area contributed by atoms with Crippen LogP contribution in [0.15, 0.2) is 0 Å². The molecule has 0 aromatic carbocycles. The Morgan fingerprint density at radius 2 is 2.45 bits per heavy atom. The van der Waals surface area contributed by atoms with Crippen molar-refractivity contribution in [3.05, 3.63) is 0 Å². The summed E-state index contributed by atoms with van der Waals surface area (Å²) in [6, 6.07) is 0.317. The third-order valence-corrected chi connectivity index (χ3v) is 1.60. The first-order chi connectivity index (χ1) is 4.79. The van der Waals surface area contributed by atoms with E-state index in [2.05, 4.69) is 10.6 Å². The van der Waals surface area contributed by atoms with Gasteiger partial charge in [-0.05, 0) is 13.0 Å². The van der Waals surface area contributed by atoms with Crippen LogP contribution in [0.2, 0.25) is 0 Å². The van der Waals surface area contributed by atoms with Gasteiger partial charge >= 0.3 is 29.6 Å². The van der Waals surface area contributed by atoms with Gasteiger partial charge < -0.3 is 20.5 Å². The summed E-state index contributed by atoms with van der Waals surface area (Å²) in [6.45, 7) is 1.81. The number of carboxylic acids is 1. The first-order valence-corrected chi connectivity index (χ1v) is 3.43. The van der Waals surface area contributed by atoms with Gasteiger partial charge in [-0.15, -0.1) is 0 Å². The SMILES string of the molecule is O=C([O-])CNC1CCNC1.[Na+]. The fourth-order valence-corrected chi connectivity index (χ4v) is 1.06. The van der Waals surface area contributed by atoms with Crippen molar-refractivity contribution >= 4 is 5.97 Å². The summed E-state index contributed by atoms with van der Waals surface area (Å²) in [6.07, 6.45) is 1.01. The maximum Gasteiger partial charge on any atom is 1.00 e. The molecule has 0 radical (unpaired) electrons. The normalized spacial score (nSPS) is 22.7. The van der Waals surface area contributed by atoms with Crippen LogP contribution < -0.4 is 45.3 Å². The predicted molar refractivity (Wildman–Crippen MR) is 34.3 cm³/mol. The van der Waals surface area contributed by atoms with Crippen molar-refractivity contribution in [2.24, 2.45) is 0 Å². The van der Waals surface area contributed by atoms with Crippen molar-refractivity contribution in [1.82, 2.24) is 10.6 Å². The van der Waals surface area contributed by atoms with E-state index in [1.807, 2.05) is 0 Å². The number of carbonyl (C=O) groups excluding carboxylic acids is 1. The van der Waals surface area contributed by atoms with Crippen LogP contribution in [-0.4, -0.2) is 31.6 Å². The van der Waals surface area contributed by atoms with Crippen molar-refractivity contribution in [2.75, 3.05) is 19.6 Å². The van der Waals surface area contributed by atoms with Crippen LogP contribution in [0.3, 0.4) is 0 Å². The number of aliphatic carboxylic acids is 1. The van der Waals surface area contributed by atoms with Gasteiger partial charge in [-0.25, -0.2) is 0 Å². The van der Waals surface area contributed by atoms with Gasteiger partial charge in [0, 0.05) is 19.1 Å². The number of rotatable bonds is 3. The second-order valence-corrected chi connectivity index (χ2v) is 2.44. The minimum Gasteiger partial charge on any atom is -0.549 e. The Kier molecular flexibility index (Phi) is 6.18. The minimum atomic E-state index is -1.04. The van der Waals surface area contributed by atoms with Gasteiger partial charge in [0.15, 0.2) is 0 Å². The largest absolute Gasteiger partial charge is 1.00 e. The van der Waals surface area contributed by atoms with E-state index in [4.69, 9.17) is 0 Å². The molecule has 0 amide bonds. The summed E-state index contributed by atoms with van der Waals surface area (Å²) >= 11 is 0. The molecule has 1 aliphatic heterocycles. The van der Waals surface area contributed by atoms with Gasteiger partial charge in [0.25, 0.3) is 0 Å². The van der Waals surface area contributed by atoms with Crippen LogP contribution in [0, 0.1) is 0 Å². The molecule has 0 spiro atoms. The maximum atomic E-state index is 9.96. The van der Waals surface area contributed by atoms with Crippen molar-refractivity contribution in [3.8, 4) is 0 Å². The molecule has 58 valence electrons. The molecule has 1 aliphatic rings. The average molecular weight is 166 g/mol. The number of carboxylic acid groups (broad SMARTS) is 1. The van der Waals surface area contributed by atoms with Crippen LogP contribution in [0.5, 0.6) is 0 Å². The number of hydrogen-bond acceptors (Lipinski definition) is 4. The monoisotopic (exact) mass is 166 g/mol. The first kappa shape index (κ1) is 11.4. The smallest absolute Gasteiger partial charge is 0.549 e. The van der Waals surface area contributed by atoms with E-state index in [1.54, 1.807) is 0 Å². The van der Waals surface area contributed by atoms with Gasteiger partial charge in [0.05, 0.1) is 5.97 Å². The van der Waals surface area contributed by atoms with E-state index in [1.165, 1.54) is 0 Å².